The first kappa shape index (κ1) is 26.8. The van der Waals surface area contributed by atoms with Crippen LogP contribution in [0.15, 0.2) is 24.3 Å². The van der Waals surface area contributed by atoms with Crippen molar-refractivity contribution in [2.75, 3.05) is 11.4 Å². The predicted molar refractivity (Wildman–Crippen MR) is 111 cm³/mol. The van der Waals surface area contributed by atoms with E-state index < -0.39 is 0 Å². The van der Waals surface area contributed by atoms with Gasteiger partial charge in [-0.05, 0) is 30.5 Å². The van der Waals surface area contributed by atoms with Crippen molar-refractivity contribution in [3.63, 3.8) is 0 Å². The predicted octanol–water partition coefficient (Wildman–Crippen LogP) is 5.65. The van der Waals surface area contributed by atoms with Crippen LogP contribution in [0.2, 0.25) is 0 Å². The summed E-state index contributed by atoms with van der Waals surface area (Å²) >= 11 is 0. The number of amides is 1. The Morgan fingerprint density at radius 1 is 1.11 bits per heavy atom. The van der Waals surface area contributed by atoms with Gasteiger partial charge in [-0.25, -0.2) is 0 Å². The number of benzene rings is 1. The maximum Gasteiger partial charge on any atom is 0.223 e. The monoisotopic (exact) mass is 449 g/mol. The molecule has 0 aliphatic rings. The Morgan fingerprint density at radius 2 is 1.70 bits per heavy atom. The van der Waals surface area contributed by atoms with Gasteiger partial charge in [0.2, 0.25) is 5.91 Å². The van der Waals surface area contributed by atoms with E-state index in [9.17, 15) is 9.90 Å². The van der Waals surface area contributed by atoms with Crippen LogP contribution in [0.3, 0.4) is 0 Å². The van der Waals surface area contributed by atoms with Crippen LogP contribution < -0.4 is 4.90 Å². The summed E-state index contributed by atoms with van der Waals surface area (Å²) in [5.74, 6) is 0.0807. The molecule has 151 valence electrons. The number of unbranched alkanes of at least 4 members (excludes halogenated alkanes) is 5. The standard InChI is InChI=1S/C23H38NO2.Y/c1-6-8-10-11-12-18-24(19(3)25)21-16-14-20(15-17-21)23(4,5)22(26)13-9-7-2;/h14-17,22,26H,1,6-13,18H2,2-5H3;/q-1;. The molecule has 0 aromatic heterocycles. The minimum Gasteiger partial charge on any atom is -0.392 e. The zero-order valence-corrected chi connectivity index (χ0v) is 20.7. The van der Waals surface area contributed by atoms with Crippen molar-refractivity contribution in [3.05, 3.63) is 36.8 Å². The quantitative estimate of drug-likeness (QED) is 0.331. The number of carbonyl (C=O) groups is 1. The average Bonchev–Trinajstić information content (AvgIpc) is 2.62. The zero-order valence-electron chi connectivity index (χ0n) is 17.8. The Kier molecular flexibility index (Phi) is 13.7. The molecule has 0 aliphatic heterocycles. The minimum absolute atomic E-state index is 0. The van der Waals surface area contributed by atoms with Crippen molar-refractivity contribution in [1.82, 2.24) is 0 Å². The first-order valence-electron chi connectivity index (χ1n) is 10.2. The maximum atomic E-state index is 12.0. The van der Waals surface area contributed by atoms with Gasteiger partial charge in [-0.1, -0.05) is 65.0 Å². The molecule has 1 aromatic rings. The molecule has 27 heavy (non-hydrogen) atoms. The van der Waals surface area contributed by atoms with Crippen LogP contribution in [0.5, 0.6) is 0 Å². The molecule has 0 bridgehead atoms. The number of nitrogens with zero attached hydrogens (tertiary/aromatic N) is 1. The third-order valence-electron chi connectivity index (χ3n) is 5.35. The summed E-state index contributed by atoms with van der Waals surface area (Å²) in [6, 6.07) is 8.15. The summed E-state index contributed by atoms with van der Waals surface area (Å²) in [6.07, 6.45) is 8.06. The van der Waals surface area contributed by atoms with Crippen molar-refractivity contribution in [1.29, 1.82) is 0 Å². The number of hydrogen-bond donors (Lipinski definition) is 1. The molecular formula is C23H38NO2Y-. The van der Waals surface area contributed by atoms with E-state index >= 15 is 0 Å². The summed E-state index contributed by atoms with van der Waals surface area (Å²) in [7, 11) is 0. The fourth-order valence-electron chi connectivity index (χ4n) is 3.29. The van der Waals surface area contributed by atoms with Crippen molar-refractivity contribution in [2.45, 2.75) is 90.6 Å². The number of carbonyl (C=O) groups excluding carboxylic acids is 1. The second kappa shape index (κ2) is 13.9. The summed E-state index contributed by atoms with van der Waals surface area (Å²) in [6.45, 7) is 12.6. The minimum atomic E-state index is -0.356. The van der Waals surface area contributed by atoms with Gasteiger partial charge in [0.1, 0.15) is 0 Å². The molecule has 0 saturated carbocycles. The second-order valence-corrected chi connectivity index (χ2v) is 7.87. The van der Waals surface area contributed by atoms with Crippen molar-refractivity contribution in [2.24, 2.45) is 0 Å². The summed E-state index contributed by atoms with van der Waals surface area (Å²) in [4.78, 5) is 13.9. The van der Waals surface area contributed by atoms with Crippen molar-refractivity contribution in [3.8, 4) is 0 Å². The van der Waals surface area contributed by atoms with E-state index in [1.807, 2.05) is 17.0 Å². The normalized spacial score (nSPS) is 12.4. The second-order valence-electron chi connectivity index (χ2n) is 7.87. The van der Waals surface area contributed by atoms with E-state index in [0.717, 1.165) is 62.7 Å². The van der Waals surface area contributed by atoms with E-state index in [4.69, 9.17) is 0 Å². The van der Waals surface area contributed by atoms with Crippen LogP contribution >= 0.6 is 0 Å². The maximum absolute atomic E-state index is 12.0. The molecule has 0 fully saturated rings. The molecule has 1 atom stereocenters. The molecule has 0 aliphatic carbocycles. The van der Waals surface area contributed by atoms with Crippen molar-refractivity contribution < 1.29 is 42.6 Å². The first-order valence-corrected chi connectivity index (χ1v) is 10.2. The van der Waals surface area contributed by atoms with Gasteiger partial charge in [-0.15, -0.1) is 0 Å². The fraction of sp³-hybridized carbons (Fsp3) is 0.652. The first-order chi connectivity index (χ1) is 12.3. The van der Waals surface area contributed by atoms with Gasteiger partial charge in [0, 0.05) is 57.3 Å². The smallest absolute Gasteiger partial charge is 0.223 e. The van der Waals surface area contributed by atoms with E-state index in [1.165, 1.54) is 6.42 Å². The third kappa shape index (κ3) is 8.75. The topological polar surface area (TPSA) is 40.5 Å². The van der Waals surface area contributed by atoms with Crippen LogP contribution in [-0.2, 0) is 42.9 Å². The van der Waals surface area contributed by atoms with Gasteiger partial charge in [-0.2, -0.15) is 6.42 Å². The van der Waals surface area contributed by atoms with E-state index in [2.05, 4.69) is 39.8 Å². The van der Waals surface area contributed by atoms with Gasteiger partial charge >= 0.3 is 0 Å². The largest absolute Gasteiger partial charge is 0.392 e. The average molecular weight is 449 g/mol. The number of anilines is 1. The summed E-state index contributed by atoms with van der Waals surface area (Å²) in [5.41, 5.74) is 1.77. The Hall–Kier alpha value is -0.246. The molecule has 0 saturated heterocycles. The van der Waals surface area contributed by atoms with Crippen LogP contribution in [0.4, 0.5) is 5.69 Å². The van der Waals surface area contributed by atoms with Crippen LogP contribution in [0.1, 0.15) is 84.6 Å². The number of aliphatic hydroxyl groups is 1. The van der Waals surface area contributed by atoms with E-state index in [0.29, 0.717) is 0 Å². The number of aliphatic hydroxyl groups excluding tert-OH is 1. The number of rotatable bonds is 12. The Labute approximate surface area is 192 Å². The third-order valence-corrected chi connectivity index (χ3v) is 5.35. The molecule has 1 unspecified atom stereocenters. The van der Waals surface area contributed by atoms with Gasteiger partial charge in [0.05, 0.1) is 6.10 Å². The summed E-state index contributed by atoms with van der Waals surface area (Å²) in [5, 5.41) is 10.5. The van der Waals surface area contributed by atoms with Gasteiger partial charge in [0.25, 0.3) is 0 Å². The molecule has 1 aromatic carbocycles. The molecule has 1 rings (SSSR count). The molecule has 1 N–H and O–H groups in total. The molecule has 3 nitrogen and oxygen atoms in total. The van der Waals surface area contributed by atoms with Crippen molar-refractivity contribution >= 4 is 11.6 Å². The fourth-order valence-corrected chi connectivity index (χ4v) is 3.29. The molecule has 1 radical (unpaired) electrons. The number of hydrogen-bond acceptors (Lipinski definition) is 2. The van der Waals surface area contributed by atoms with E-state index in [1.54, 1.807) is 6.92 Å². The Morgan fingerprint density at radius 3 is 2.22 bits per heavy atom. The molecular weight excluding hydrogens is 411 g/mol. The van der Waals surface area contributed by atoms with Gasteiger partial charge in [-0.3, -0.25) is 4.79 Å². The zero-order chi connectivity index (χ0) is 19.6. The molecule has 0 heterocycles. The Balaban J connectivity index is 0.00000676. The van der Waals surface area contributed by atoms with Gasteiger partial charge < -0.3 is 16.9 Å². The van der Waals surface area contributed by atoms with Crippen LogP contribution in [-0.4, -0.2) is 23.7 Å². The molecule has 1 amide bonds. The van der Waals surface area contributed by atoms with Crippen LogP contribution in [0, 0.1) is 6.92 Å². The van der Waals surface area contributed by atoms with Gasteiger partial charge in [0.15, 0.2) is 0 Å². The summed E-state index contributed by atoms with van der Waals surface area (Å²) < 4.78 is 0. The van der Waals surface area contributed by atoms with Crippen LogP contribution in [0.25, 0.3) is 0 Å². The Bertz CT molecular complexity index is 528. The molecule has 0 spiro atoms. The molecule has 4 heteroatoms. The van der Waals surface area contributed by atoms with E-state index in [-0.39, 0.29) is 50.1 Å². The SMILES string of the molecule is [CH2-]CCCCCCN(C(C)=O)c1ccc(C(C)(C)C(O)CCCC)cc1.[Y].